The van der Waals surface area contributed by atoms with Crippen molar-refractivity contribution < 1.29 is 12.8 Å². The van der Waals surface area contributed by atoms with Crippen LogP contribution in [-0.4, -0.2) is 24.9 Å². The second-order valence-electron chi connectivity index (χ2n) is 5.07. The SMILES string of the molecule is NC(=Nc1ccc(S(N)(=O)=O)cc1)N1N=[C]SC1c1ccc(F)cc1. The van der Waals surface area contributed by atoms with E-state index in [4.69, 9.17) is 10.9 Å². The van der Waals surface area contributed by atoms with E-state index in [1.54, 1.807) is 12.1 Å². The van der Waals surface area contributed by atoms with Crippen molar-refractivity contribution in [2.45, 2.75) is 10.3 Å². The Morgan fingerprint density at radius 3 is 2.44 bits per heavy atom. The van der Waals surface area contributed by atoms with Crippen LogP contribution in [0.2, 0.25) is 0 Å². The zero-order valence-electron chi connectivity index (χ0n) is 12.7. The van der Waals surface area contributed by atoms with E-state index < -0.39 is 10.0 Å². The van der Waals surface area contributed by atoms with E-state index in [2.05, 4.69) is 15.6 Å². The van der Waals surface area contributed by atoms with Crippen LogP contribution in [0.4, 0.5) is 10.1 Å². The van der Waals surface area contributed by atoms with Gasteiger partial charge in [-0.15, -0.1) is 0 Å². The molecule has 1 unspecified atom stereocenters. The molecule has 4 N–H and O–H groups in total. The molecule has 1 atom stereocenters. The van der Waals surface area contributed by atoms with Gasteiger partial charge in [0.05, 0.1) is 10.6 Å². The van der Waals surface area contributed by atoms with Gasteiger partial charge < -0.3 is 5.73 Å². The molecule has 0 saturated heterocycles. The average molecular weight is 378 g/mol. The first-order valence-corrected chi connectivity index (χ1v) is 9.40. The van der Waals surface area contributed by atoms with Crippen molar-refractivity contribution in [3.8, 4) is 0 Å². The Morgan fingerprint density at radius 1 is 1.20 bits per heavy atom. The number of guanidine groups is 1. The number of halogens is 1. The third-order valence-electron chi connectivity index (χ3n) is 3.33. The lowest BCUT2D eigenvalue weighted by molar-refractivity contribution is 0.435. The molecule has 1 heterocycles. The summed E-state index contributed by atoms with van der Waals surface area (Å²) in [7, 11) is -3.76. The van der Waals surface area contributed by atoms with Gasteiger partial charge in [-0.25, -0.2) is 27.9 Å². The van der Waals surface area contributed by atoms with E-state index in [1.807, 2.05) is 0 Å². The molecule has 1 aliphatic rings. The van der Waals surface area contributed by atoms with Crippen molar-refractivity contribution >= 4 is 39.0 Å². The van der Waals surface area contributed by atoms with Crippen molar-refractivity contribution in [3.05, 3.63) is 59.9 Å². The molecule has 3 rings (SSSR count). The van der Waals surface area contributed by atoms with Gasteiger partial charge in [0.2, 0.25) is 16.0 Å². The normalized spacial score (nSPS) is 17.9. The summed E-state index contributed by atoms with van der Waals surface area (Å²) < 4.78 is 35.6. The summed E-state index contributed by atoms with van der Waals surface area (Å²) in [5, 5.41) is 10.2. The molecule has 129 valence electrons. The monoisotopic (exact) mass is 378 g/mol. The van der Waals surface area contributed by atoms with Gasteiger partial charge in [-0.2, -0.15) is 5.10 Å². The van der Waals surface area contributed by atoms with E-state index in [9.17, 15) is 12.8 Å². The third kappa shape index (κ3) is 3.98. The third-order valence-corrected chi connectivity index (χ3v) is 5.15. The lowest BCUT2D eigenvalue weighted by atomic mass is 10.2. The number of nitrogens with zero attached hydrogens (tertiary/aromatic N) is 3. The van der Waals surface area contributed by atoms with Crippen molar-refractivity contribution in [1.29, 1.82) is 0 Å². The standard InChI is InChI=1S/C15H13FN5O2S2/c16-11-3-1-10(2-4-11)14-21(19-9-24-14)15(17)20-12-5-7-13(8-6-12)25(18,22)23/h1-8,14H,(H2,17,20)(H2,18,22,23). The number of aliphatic imine (C=N–C) groups is 1. The molecule has 0 amide bonds. The Bertz CT molecular complexity index is 927. The van der Waals surface area contributed by atoms with Gasteiger partial charge in [0.25, 0.3) is 0 Å². The second kappa shape index (κ2) is 6.82. The number of primary sulfonamides is 1. The van der Waals surface area contributed by atoms with Crippen LogP contribution in [0.5, 0.6) is 0 Å². The van der Waals surface area contributed by atoms with Crippen LogP contribution in [0, 0.1) is 5.82 Å². The predicted molar refractivity (Wildman–Crippen MR) is 95.1 cm³/mol. The molecule has 0 aliphatic carbocycles. The summed E-state index contributed by atoms with van der Waals surface area (Å²) in [5.41, 5.74) is 9.99. The lowest BCUT2D eigenvalue weighted by Crippen LogP contribution is -2.32. The number of thioether (sulfide) groups is 1. The summed E-state index contributed by atoms with van der Waals surface area (Å²) in [5.74, 6) is -0.241. The molecular formula is C15H13FN5O2S2. The Morgan fingerprint density at radius 2 is 1.84 bits per heavy atom. The average Bonchev–Trinajstić information content (AvgIpc) is 3.05. The van der Waals surface area contributed by atoms with Crippen LogP contribution < -0.4 is 10.9 Å². The van der Waals surface area contributed by atoms with Crippen LogP contribution in [0.3, 0.4) is 0 Å². The molecule has 1 radical (unpaired) electrons. The van der Waals surface area contributed by atoms with Crippen LogP contribution >= 0.6 is 11.8 Å². The molecule has 0 fully saturated rings. The second-order valence-corrected chi connectivity index (χ2v) is 7.49. The lowest BCUT2D eigenvalue weighted by Gasteiger charge is -2.21. The maximum absolute atomic E-state index is 13.1. The number of nitrogens with two attached hydrogens (primary N) is 2. The number of hydrogen-bond donors (Lipinski definition) is 2. The molecule has 25 heavy (non-hydrogen) atoms. The summed E-state index contributed by atoms with van der Waals surface area (Å²) >= 11 is 1.28. The first-order valence-electron chi connectivity index (χ1n) is 6.97. The molecule has 0 spiro atoms. The van der Waals surface area contributed by atoms with Gasteiger partial charge in [-0.05, 0) is 42.0 Å². The van der Waals surface area contributed by atoms with Gasteiger partial charge in [0, 0.05) is 0 Å². The highest BCUT2D eigenvalue weighted by atomic mass is 32.2. The summed E-state index contributed by atoms with van der Waals surface area (Å²) in [6.45, 7) is 0. The molecule has 0 saturated carbocycles. The highest BCUT2D eigenvalue weighted by molar-refractivity contribution is 8.12. The largest absolute Gasteiger partial charge is 0.368 e. The van der Waals surface area contributed by atoms with E-state index in [0.717, 1.165) is 5.56 Å². The van der Waals surface area contributed by atoms with Crippen LogP contribution in [0.1, 0.15) is 10.9 Å². The van der Waals surface area contributed by atoms with Gasteiger partial charge in [0.1, 0.15) is 11.2 Å². The molecule has 10 heteroatoms. The Kier molecular flexibility index (Phi) is 4.75. The zero-order chi connectivity index (χ0) is 18.0. The predicted octanol–water partition coefficient (Wildman–Crippen LogP) is 1.99. The van der Waals surface area contributed by atoms with Crippen molar-refractivity contribution in [1.82, 2.24) is 5.01 Å². The maximum atomic E-state index is 13.1. The minimum absolute atomic E-state index is 0.0164. The van der Waals surface area contributed by atoms with E-state index in [1.165, 1.54) is 53.2 Å². The highest BCUT2D eigenvalue weighted by Crippen LogP contribution is 2.36. The minimum atomic E-state index is -3.76. The molecule has 1 aliphatic heterocycles. The summed E-state index contributed by atoms with van der Waals surface area (Å²) in [4.78, 5) is 4.20. The topological polar surface area (TPSA) is 114 Å². The van der Waals surface area contributed by atoms with E-state index >= 15 is 0 Å². The molecule has 0 aromatic heterocycles. The number of rotatable bonds is 3. The highest BCUT2D eigenvalue weighted by Gasteiger charge is 2.27. The number of sulfonamides is 1. The summed E-state index contributed by atoms with van der Waals surface area (Å²) in [6, 6.07) is 11.6. The first kappa shape index (κ1) is 17.4. The van der Waals surface area contributed by atoms with Gasteiger partial charge >= 0.3 is 0 Å². The van der Waals surface area contributed by atoms with Crippen molar-refractivity contribution in [2.24, 2.45) is 21.0 Å². The first-order chi connectivity index (χ1) is 11.8. The smallest absolute Gasteiger partial charge is 0.238 e. The Hall–Kier alpha value is -2.43. The van der Waals surface area contributed by atoms with Gasteiger partial charge in [-0.1, -0.05) is 23.9 Å². The van der Waals surface area contributed by atoms with Crippen LogP contribution in [-0.2, 0) is 10.0 Å². The molecule has 7 nitrogen and oxygen atoms in total. The van der Waals surface area contributed by atoms with E-state index in [0.29, 0.717) is 5.69 Å². The Balaban J connectivity index is 1.83. The fraction of sp³-hybridized carbons (Fsp3) is 0.0667. The summed E-state index contributed by atoms with van der Waals surface area (Å²) in [6.07, 6.45) is 0. The number of hydrogen-bond acceptors (Lipinski definition) is 5. The molecule has 0 bridgehead atoms. The van der Waals surface area contributed by atoms with Crippen LogP contribution in [0.25, 0.3) is 0 Å². The van der Waals surface area contributed by atoms with Gasteiger partial charge in [-0.3, -0.25) is 0 Å². The number of benzene rings is 2. The number of hydrazone groups is 1. The van der Waals surface area contributed by atoms with E-state index in [-0.39, 0.29) is 22.0 Å². The molecule has 2 aromatic rings. The quantitative estimate of drug-likeness (QED) is 0.626. The minimum Gasteiger partial charge on any atom is -0.368 e. The Labute approximate surface area is 148 Å². The zero-order valence-corrected chi connectivity index (χ0v) is 14.3. The fourth-order valence-corrected chi connectivity index (χ4v) is 3.42. The van der Waals surface area contributed by atoms with Gasteiger partial charge in [0.15, 0.2) is 5.55 Å². The van der Waals surface area contributed by atoms with Crippen molar-refractivity contribution in [3.63, 3.8) is 0 Å². The maximum Gasteiger partial charge on any atom is 0.238 e. The molecular weight excluding hydrogens is 365 g/mol. The van der Waals surface area contributed by atoms with Crippen molar-refractivity contribution in [2.75, 3.05) is 0 Å². The fourth-order valence-electron chi connectivity index (χ4n) is 2.12. The molecule has 2 aromatic carbocycles. The van der Waals surface area contributed by atoms with Crippen LogP contribution in [0.15, 0.2) is 63.5 Å².